The van der Waals surface area contributed by atoms with Crippen LogP contribution in [0.2, 0.25) is 0 Å². The van der Waals surface area contributed by atoms with Gasteiger partial charge in [-0.3, -0.25) is 4.79 Å². The van der Waals surface area contributed by atoms with Gasteiger partial charge in [0.15, 0.2) is 12.1 Å². The molecule has 0 amide bonds. The molecule has 2 rings (SSSR count). The SMILES string of the molecule is COC(OC)C(CC(=O)c1ccc(C(C)(C)C)cc1)c1ccc(C(C)(C)C)cc1. The molecule has 0 saturated carbocycles. The average Bonchev–Trinajstić information content (AvgIpc) is 2.67. The second kappa shape index (κ2) is 9.23. The molecule has 3 heteroatoms. The largest absolute Gasteiger partial charge is 0.355 e. The normalized spacial score (nSPS) is 13.6. The molecule has 0 heterocycles. The lowest BCUT2D eigenvalue weighted by molar-refractivity contribution is -0.117. The van der Waals surface area contributed by atoms with Crippen LogP contribution < -0.4 is 0 Å². The number of carbonyl (C=O) groups excluding carboxylic acids is 1. The van der Waals surface area contributed by atoms with Crippen molar-refractivity contribution in [1.29, 1.82) is 0 Å². The second-order valence-electron chi connectivity index (χ2n) is 9.77. The monoisotopic (exact) mass is 396 g/mol. The molecule has 0 spiro atoms. The van der Waals surface area contributed by atoms with Crippen LogP contribution in [-0.2, 0) is 20.3 Å². The van der Waals surface area contributed by atoms with Crippen molar-refractivity contribution in [3.05, 3.63) is 70.8 Å². The Morgan fingerprint density at radius 3 is 1.55 bits per heavy atom. The topological polar surface area (TPSA) is 35.5 Å². The number of rotatable bonds is 7. The predicted molar refractivity (Wildman–Crippen MR) is 120 cm³/mol. The molecule has 0 aliphatic carbocycles. The zero-order chi connectivity index (χ0) is 21.8. The highest BCUT2D eigenvalue weighted by Gasteiger charge is 2.27. The minimum atomic E-state index is -0.478. The lowest BCUT2D eigenvalue weighted by Gasteiger charge is -2.26. The first-order valence-corrected chi connectivity index (χ1v) is 10.3. The molecule has 2 aromatic carbocycles. The number of carbonyl (C=O) groups is 1. The summed E-state index contributed by atoms with van der Waals surface area (Å²) in [5.74, 6) is -0.0803. The molecule has 0 saturated heterocycles. The third-order valence-electron chi connectivity index (χ3n) is 5.48. The van der Waals surface area contributed by atoms with Gasteiger partial charge in [-0.1, -0.05) is 90.1 Å². The van der Waals surface area contributed by atoms with E-state index < -0.39 is 6.29 Å². The maximum atomic E-state index is 13.0. The van der Waals surface area contributed by atoms with E-state index in [1.807, 2.05) is 24.3 Å². The van der Waals surface area contributed by atoms with Crippen LogP contribution in [0.25, 0.3) is 0 Å². The van der Waals surface area contributed by atoms with Crippen molar-refractivity contribution in [3.63, 3.8) is 0 Å². The average molecular weight is 397 g/mol. The number of benzene rings is 2. The van der Waals surface area contributed by atoms with Gasteiger partial charge in [0.1, 0.15) is 0 Å². The highest BCUT2D eigenvalue weighted by atomic mass is 16.7. The lowest BCUT2D eigenvalue weighted by Crippen LogP contribution is -2.25. The van der Waals surface area contributed by atoms with E-state index in [1.54, 1.807) is 14.2 Å². The molecule has 158 valence electrons. The van der Waals surface area contributed by atoms with Crippen molar-refractivity contribution in [1.82, 2.24) is 0 Å². The fourth-order valence-electron chi connectivity index (χ4n) is 3.50. The van der Waals surface area contributed by atoms with E-state index in [2.05, 4.69) is 65.8 Å². The van der Waals surface area contributed by atoms with E-state index in [4.69, 9.17) is 9.47 Å². The van der Waals surface area contributed by atoms with E-state index >= 15 is 0 Å². The lowest BCUT2D eigenvalue weighted by atomic mass is 9.84. The van der Waals surface area contributed by atoms with Crippen molar-refractivity contribution in [2.75, 3.05) is 14.2 Å². The van der Waals surface area contributed by atoms with Crippen LogP contribution in [0.4, 0.5) is 0 Å². The third kappa shape index (κ3) is 6.01. The van der Waals surface area contributed by atoms with Gasteiger partial charge in [0.2, 0.25) is 0 Å². The van der Waals surface area contributed by atoms with Crippen molar-refractivity contribution < 1.29 is 14.3 Å². The Labute approximate surface area is 176 Å². The Hall–Kier alpha value is -1.97. The first-order valence-electron chi connectivity index (χ1n) is 10.3. The first-order chi connectivity index (χ1) is 13.5. The Bertz CT molecular complexity index is 786. The Balaban J connectivity index is 2.28. The van der Waals surface area contributed by atoms with Crippen LogP contribution in [0, 0.1) is 0 Å². The van der Waals surface area contributed by atoms with Gasteiger partial charge in [-0.05, 0) is 27.5 Å². The number of hydrogen-bond donors (Lipinski definition) is 0. The van der Waals surface area contributed by atoms with Crippen LogP contribution in [-0.4, -0.2) is 26.3 Å². The van der Waals surface area contributed by atoms with Gasteiger partial charge in [0.05, 0.1) is 0 Å². The second-order valence-corrected chi connectivity index (χ2v) is 9.77. The molecule has 2 aromatic rings. The Morgan fingerprint density at radius 2 is 1.17 bits per heavy atom. The molecule has 0 radical (unpaired) electrons. The summed E-state index contributed by atoms with van der Waals surface area (Å²) in [5.41, 5.74) is 4.40. The van der Waals surface area contributed by atoms with Crippen LogP contribution in [0.15, 0.2) is 48.5 Å². The van der Waals surface area contributed by atoms with Gasteiger partial charge in [0.25, 0.3) is 0 Å². The van der Waals surface area contributed by atoms with Crippen LogP contribution >= 0.6 is 0 Å². The van der Waals surface area contributed by atoms with Crippen molar-refractivity contribution in [2.45, 2.75) is 71.0 Å². The molecule has 0 N–H and O–H groups in total. The molecule has 0 aliphatic heterocycles. The van der Waals surface area contributed by atoms with Crippen LogP contribution in [0.5, 0.6) is 0 Å². The summed E-state index contributed by atoms with van der Waals surface area (Å²) in [6.45, 7) is 13.1. The molecule has 1 atom stereocenters. The highest BCUT2D eigenvalue weighted by molar-refractivity contribution is 5.96. The van der Waals surface area contributed by atoms with E-state index in [0.717, 1.165) is 11.1 Å². The molecular weight excluding hydrogens is 360 g/mol. The summed E-state index contributed by atoms with van der Waals surface area (Å²) in [4.78, 5) is 13.0. The fourth-order valence-corrected chi connectivity index (χ4v) is 3.50. The molecule has 0 aliphatic rings. The maximum absolute atomic E-state index is 13.0. The molecule has 1 unspecified atom stereocenters. The molecule has 0 bridgehead atoms. The number of hydrogen-bond acceptors (Lipinski definition) is 3. The van der Waals surface area contributed by atoms with E-state index in [-0.39, 0.29) is 22.5 Å². The number of Topliss-reactive ketones (excluding diaryl/α,β-unsaturated/α-hetero) is 1. The van der Waals surface area contributed by atoms with Gasteiger partial charge in [0, 0.05) is 32.1 Å². The molecule has 3 nitrogen and oxygen atoms in total. The van der Waals surface area contributed by atoms with Gasteiger partial charge >= 0.3 is 0 Å². The van der Waals surface area contributed by atoms with Crippen molar-refractivity contribution in [2.24, 2.45) is 0 Å². The Kier molecular flexibility index (Phi) is 7.42. The minimum Gasteiger partial charge on any atom is -0.355 e. The highest BCUT2D eigenvalue weighted by Crippen LogP contribution is 2.31. The Morgan fingerprint density at radius 1 is 0.759 bits per heavy atom. The minimum absolute atomic E-state index is 0.0656. The summed E-state index contributed by atoms with van der Waals surface area (Å²) < 4.78 is 11.1. The first kappa shape index (κ1) is 23.3. The number of ether oxygens (including phenoxy) is 2. The summed E-state index contributed by atoms with van der Waals surface area (Å²) in [6, 6.07) is 16.4. The third-order valence-corrected chi connectivity index (χ3v) is 5.48. The van der Waals surface area contributed by atoms with Gasteiger partial charge in [-0.2, -0.15) is 0 Å². The van der Waals surface area contributed by atoms with E-state index in [1.165, 1.54) is 11.1 Å². The zero-order valence-corrected chi connectivity index (χ0v) is 19.2. The maximum Gasteiger partial charge on any atom is 0.164 e. The molecule has 29 heavy (non-hydrogen) atoms. The molecular formula is C26H36O3. The van der Waals surface area contributed by atoms with E-state index in [9.17, 15) is 4.79 Å². The number of methoxy groups -OCH3 is 2. The smallest absolute Gasteiger partial charge is 0.164 e. The molecule has 0 fully saturated rings. The summed E-state index contributed by atoms with van der Waals surface area (Å²) in [6.07, 6.45) is -0.149. The fraction of sp³-hybridized carbons (Fsp3) is 0.500. The summed E-state index contributed by atoms with van der Waals surface area (Å²) >= 11 is 0. The van der Waals surface area contributed by atoms with Crippen LogP contribution in [0.1, 0.15) is 80.9 Å². The van der Waals surface area contributed by atoms with Crippen molar-refractivity contribution in [3.8, 4) is 0 Å². The van der Waals surface area contributed by atoms with Gasteiger partial charge < -0.3 is 9.47 Å². The van der Waals surface area contributed by atoms with Crippen molar-refractivity contribution >= 4 is 5.78 Å². The number of ketones is 1. The summed E-state index contributed by atoms with van der Waals surface area (Å²) in [5, 5.41) is 0. The quantitative estimate of drug-likeness (QED) is 0.409. The van der Waals surface area contributed by atoms with Crippen LogP contribution in [0.3, 0.4) is 0 Å². The summed E-state index contributed by atoms with van der Waals surface area (Å²) in [7, 11) is 3.24. The van der Waals surface area contributed by atoms with Gasteiger partial charge in [-0.15, -0.1) is 0 Å². The standard InChI is InChI=1S/C26H36O3/c1-25(2,3)20-13-9-18(10-14-20)22(24(28-7)29-8)17-23(27)19-11-15-21(16-12-19)26(4,5)6/h9-16,22,24H,17H2,1-8H3. The predicted octanol–water partition coefficient (Wildman–Crippen LogP) is 6.26. The zero-order valence-electron chi connectivity index (χ0n) is 19.2. The van der Waals surface area contributed by atoms with E-state index in [0.29, 0.717) is 6.42 Å². The molecule has 0 aromatic heterocycles. The van der Waals surface area contributed by atoms with Gasteiger partial charge in [-0.25, -0.2) is 0 Å².